The van der Waals surface area contributed by atoms with Gasteiger partial charge in [-0.3, -0.25) is 4.79 Å². The van der Waals surface area contributed by atoms with Gasteiger partial charge in [0.1, 0.15) is 11.9 Å². The van der Waals surface area contributed by atoms with Crippen molar-refractivity contribution in [3.63, 3.8) is 0 Å². The molecule has 1 N–H and O–H groups in total. The minimum Gasteiger partial charge on any atom is -0.429 e. The van der Waals surface area contributed by atoms with E-state index in [2.05, 4.69) is 0 Å². The second kappa shape index (κ2) is 3.05. The van der Waals surface area contributed by atoms with Gasteiger partial charge in [0.15, 0.2) is 0 Å². The molecular weight excluding hydrogens is 144 g/mol. The van der Waals surface area contributed by atoms with Crippen LogP contribution in [0.2, 0.25) is 0 Å². The second-order valence-corrected chi connectivity index (χ2v) is 2.79. The Labute approximate surface area is 65.7 Å². The van der Waals surface area contributed by atoms with Crippen molar-refractivity contribution in [3.05, 3.63) is 11.3 Å². The molecule has 0 aromatic carbocycles. The first-order chi connectivity index (χ1) is 5.11. The van der Waals surface area contributed by atoms with Crippen LogP contribution in [0.5, 0.6) is 0 Å². The second-order valence-electron chi connectivity index (χ2n) is 2.79. The van der Waals surface area contributed by atoms with Gasteiger partial charge in [-0.25, -0.2) is 0 Å². The smallest absolute Gasteiger partial charge is 0.307 e. The SMILES string of the molecule is CC(=O)OC1=C(C)CCC1O. The van der Waals surface area contributed by atoms with E-state index in [1.54, 1.807) is 0 Å². The zero-order valence-corrected chi connectivity index (χ0v) is 6.76. The highest BCUT2D eigenvalue weighted by atomic mass is 16.5. The van der Waals surface area contributed by atoms with Crippen LogP contribution in [0.25, 0.3) is 0 Å². The number of aliphatic hydroxyl groups is 1. The average molecular weight is 156 g/mol. The van der Waals surface area contributed by atoms with E-state index in [9.17, 15) is 9.90 Å². The maximum Gasteiger partial charge on any atom is 0.307 e. The van der Waals surface area contributed by atoms with E-state index >= 15 is 0 Å². The summed E-state index contributed by atoms with van der Waals surface area (Å²) >= 11 is 0. The zero-order valence-electron chi connectivity index (χ0n) is 6.76. The van der Waals surface area contributed by atoms with E-state index in [0.717, 1.165) is 12.0 Å². The molecule has 1 aliphatic rings. The minimum atomic E-state index is -0.570. The normalized spacial score (nSPS) is 24.1. The molecule has 1 unspecified atom stereocenters. The summed E-state index contributed by atoms with van der Waals surface area (Å²) in [6.45, 7) is 3.21. The third kappa shape index (κ3) is 1.80. The van der Waals surface area contributed by atoms with Crippen molar-refractivity contribution in [1.82, 2.24) is 0 Å². The van der Waals surface area contributed by atoms with Gasteiger partial charge in [-0.15, -0.1) is 0 Å². The molecule has 62 valence electrons. The van der Waals surface area contributed by atoms with E-state index in [1.165, 1.54) is 6.92 Å². The quantitative estimate of drug-likeness (QED) is 0.575. The molecule has 0 heterocycles. The lowest BCUT2D eigenvalue weighted by molar-refractivity contribution is -0.138. The maximum atomic E-state index is 10.5. The summed E-state index contributed by atoms with van der Waals surface area (Å²) in [6, 6.07) is 0. The van der Waals surface area contributed by atoms with Gasteiger partial charge in [0.05, 0.1) is 0 Å². The molecule has 0 bridgehead atoms. The molecule has 1 rings (SSSR count). The van der Waals surface area contributed by atoms with Crippen LogP contribution in [0, 0.1) is 0 Å². The Hall–Kier alpha value is -0.830. The summed E-state index contributed by atoms with van der Waals surface area (Å²) in [7, 11) is 0. The molecule has 0 aliphatic heterocycles. The number of esters is 1. The van der Waals surface area contributed by atoms with Crippen LogP contribution in [0.4, 0.5) is 0 Å². The Morgan fingerprint density at radius 3 is 2.73 bits per heavy atom. The highest BCUT2D eigenvalue weighted by Crippen LogP contribution is 2.26. The zero-order chi connectivity index (χ0) is 8.43. The Morgan fingerprint density at radius 2 is 2.36 bits per heavy atom. The monoisotopic (exact) mass is 156 g/mol. The molecule has 0 amide bonds. The Bertz CT molecular complexity index is 205. The van der Waals surface area contributed by atoms with Crippen molar-refractivity contribution in [2.24, 2.45) is 0 Å². The van der Waals surface area contributed by atoms with Crippen molar-refractivity contribution in [2.75, 3.05) is 0 Å². The molecule has 0 saturated heterocycles. The molecular formula is C8H12O3. The van der Waals surface area contributed by atoms with Gasteiger partial charge >= 0.3 is 5.97 Å². The fourth-order valence-corrected chi connectivity index (χ4v) is 1.20. The predicted molar refractivity (Wildman–Crippen MR) is 39.7 cm³/mol. The summed E-state index contributed by atoms with van der Waals surface area (Å²) in [5.41, 5.74) is 0.979. The third-order valence-corrected chi connectivity index (χ3v) is 1.77. The van der Waals surface area contributed by atoms with Crippen LogP contribution in [-0.4, -0.2) is 17.2 Å². The Morgan fingerprint density at radius 1 is 1.73 bits per heavy atom. The molecule has 1 atom stereocenters. The van der Waals surface area contributed by atoms with Crippen LogP contribution in [0.15, 0.2) is 11.3 Å². The van der Waals surface area contributed by atoms with Crippen molar-refractivity contribution in [2.45, 2.75) is 32.8 Å². The topological polar surface area (TPSA) is 46.5 Å². The molecule has 0 aromatic rings. The van der Waals surface area contributed by atoms with E-state index in [4.69, 9.17) is 4.74 Å². The molecule has 0 radical (unpaired) electrons. The largest absolute Gasteiger partial charge is 0.429 e. The van der Waals surface area contributed by atoms with Crippen molar-refractivity contribution in [3.8, 4) is 0 Å². The van der Waals surface area contributed by atoms with Gasteiger partial charge < -0.3 is 9.84 Å². The van der Waals surface area contributed by atoms with Crippen LogP contribution < -0.4 is 0 Å². The maximum absolute atomic E-state index is 10.5. The van der Waals surface area contributed by atoms with Gasteiger partial charge in [0.25, 0.3) is 0 Å². The van der Waals surface area contributed by atoms with Crippen molar-refractivity contribution in [1.29, 1.82) is 0 Å². The average Bonchev–Trinajstić information content (AvgIpc) is 2.18. The first-order valence-electron chi connectivity index (χ1n) is 3.67. The molecule has 0 saturated carbocycles. The van der Waals surface area contributed by atoms with Gasteiger partial charge in [-0.05, 0) is 25.3 Å². The molecule has 0 spiro atoms. The summed E-state index contributed by atoms with van der Waals surface area (Å²) in [5.74, 6) is 0.0952. The molecule has 0 aromatic heterocycles. The standard InChI is InChI=1S/C8H12O3/c1-5-3-4-7(10)8(5)11-6(2)9/h7,10H,3-4H2,1-2H3. The fraction of sp³-hybridized carbons (Fsp3) is 0.625. The number of carbonyl (C=O) groups is 1. The van der Waals surface area contributed by atoms with E-state index in [1.807, 2.05) is 6.92 Å². The molecule has 11 heavy (non-hydrogen) atoms. The van der Waals surface area contributed by atoms with Gasteiger partial charge in [-0.2, -0.15) is 0 Å². The summed E-state index contributed by atoms with van der Waals surface area (Å²) in [5, 5.41) is 9.27. The van der Waals surface area contributed by atoms with E-state index in [-0.39, 0.29) is 5.97 Å². The van der Waals surface area contributed by atoms with Crippen molar-refractivity contribution >= 4 is 5.97 Å². The molecule has 1 aliphatic carbocycles. The number of ether oxygens (including phenoxy) is 1. The number of carbonyl (C=O) groups excluding carboxylic acids is 1. The Balaban J connectivity index is 2.67. The molecule has 0 fully saturated rings. The van der Waals surface area contributed by atoms with E-state index < -0.39 is 6.10 Å². The van der Waals surface area contributed by atoms with Gasteiger partial charge in [0, 0.05) is 6.92 Å². The highest BCUT2D eigenvalue weighted by molar-refractivity contribution is 5.67. The first-order valence-corrected chi connectivity index (χ1v) is 3.67. The third-order valence-electron chi connectivity index (χ3n) is 1.77. The molecule has 3 nitrogen and oxygen atoms in total. The van der Waals surface area contributed by atoms with Crippen LogP contribution in [-0.2, 0) is 9.53 Å². The number of rotatable bonds is 1. The lowest BCUT2D eigenvalue weighted by Crippen LogP contribution is -2.10. The lowest BCUT2D eigenvalue weighted by Gasteiger charge is -2.07. The van der Waals surface area contributed by atoms with Crippen LogP contribution in [0.1, 0.15) is 26.7 Å². The summed E-state index contributed by atoms with van der Waals surface area (Å²) in [4.78, 5) is 10.5. The number of hydrogen-bond acceptors (Lipinski definition) is 3. The summed E-state index contributed by atoms with van der Waals surface area (Å²) in [6.07, 6.45) is 0.928. The predicted octanol–water partition coefficient (Wildman–Crippen LogP) is 0.978. The van der Waals surface area contributed by atoms with Crippen molar-refractivity contribution < 1.29 is 14.6 Å². The number of aliphatic hydroxyl groups excluding tert-OH is 1. The number of allylic oxidation sites excluding steroid dienone is 1. The van der Waals surface area contributed by atoms with Gasteiger partial charge in [0.2, 0.25) is 0 Å². The van der Waals surface area contributed by atoms with Gasteiger partial charge in [-0.1, -0.05) is 0 Å². The van der Waals surface area contributed by atoms with Crippen LogP contribution >= 0.6 is 0 Å². The van der Waals surface area contributed by atoms with Crippen LogP contribution in [0.3, 0.4) is 0 Å². The number of hydrogen-bond donors (Lipinski definition) is 1. The first kappa shape index (κ1) is 8.27. The molecule has 3 heteroatoms. The van der Waals surface area contributed by atoms with E-state index in [0.29, 0.717) is 12.2 Å². The highest BCUT2D eigenvalue weighted by Gasteiger charge is 2.23. The lowest BCUT2D eigenvalue weighted by atomic mass is 10.3. The summed E-state index contributed by atoms with van der Waals surface area (Å²) < 4.78 is 4.83. The minimum absolute atomic E-state index is 0.361. The Kier molecular flexibility index (Phi) is 2.29. The fourth-order valence-electron chi connectivity index (χ4n) is 1.20.